The molecule has 0 aliphatic carbocycles. The highest BCUT2D eigenvalue weighted by molar-refractivity contribution is 6.09. The number of carbonyl (C=O) groups is 1. The number of aryl methyl sites for hydroxylation is 2. The second-order valence-electron chi connectivity index (χ2n) is 9.91. The number of nitrogens with zero attached hydrogens (tertiary/aromatic N) is 5. The molecule has 6 rings (SSSR count). The number of Topliss-reactive ketones (excluding diaryl/α,β-unsaturated/α-hetero) is 1. The van der Waals surface area contributed by atoms with Gasteiger partial charge in [0.25, 0.3) is 0 Å². The molecule has 38 heavy (non-hydrogen) atoms. The molecule has 4 heterocycles. The number of carbonyl (C=O) groups excluding carboxylic acids is 1. The SMILES string of the molecule is CC(=O)c1c(F)cc2c3ncc(-c4c(C)nnn4C)cc3n([C@H](c3ccccc3)C3CCOCC3)c2c1F. The van der Waals surface area contributed by atoms with Crippen molar-refractivity contribution in [2.45, 2.75) is 32.7 Å². The van der Waals surface area contributed by atoms with Crippen molar-refractivity contribution in [3.63, 3.8) is 0 Å². The average Bonchev–Trinajstić information content (AvgIpc) is 3.41. The monoisotopic (exact) mass is 515 g/mol. The molecule has 0 radical (unpaired) electrons. The highest BCUT2D eigenvalue weighted by Crippen LogP contribution is 2.42. The van der Waals surface area contributed by atoms with Crippen molar-refractivity contribution in [3.05, 3.63) is 77.1 Å². The minimum atomic E-state index is -0.888. The van der Waals surface area contributed by atoms with Crippen LogP contribution >= 0.6 is 0 Å². The van der Waals surface area contributed by atoms with Crippen LogP contribution in [-0.4, -0.2) is 43.5 Å². The van der Waals surface area contributed by atoms with Crippen LogP contribution in [0.5, 0.6) is 0 Å². The van der Waals surface area contributed by atoms with Gasteiger partial charge in [0.2, 0.25) is 0 Å². The molecule has 1 aliphatic heterocycles. The van der Waals surface area contributed by atoms with Crippen LogP contribution in [0.3, 0.4) is 0 Å². The number of hydrogen-bond donors (Lipinski definition) is 0. The summed E-state index contributed by atoms with van der Waals surface area (Å²) in [5.41, 5.74) is 4.04. The molecule has 7 nitrogen and oxygen atoms in total. The minimum absolute atomic E-state index is 0.124. The summed E-state index contributed by atoms with van der Waals surface area (Å²) >= 11 is 0. The molecule has 1 aliphatic rings. The topological polar surface area (TPSA) is 74.8 Å². The smallest absolute Gasteiger partial charge is 0.165 e. The number of ether oxygens (including phenoxy) is 1. The minimum Gasteiger partial charge on any atom is -0.381 e. The van der Waals surface area contributed by atoms with Crippen molar-refractivity contribution < 1.29 is 18.3 Å². The molecule has 0 bridgehead atoms. The Morgan fingerprint density at radius 3 is 2.53 bits per heavy atom. The molecule has 1 saturated heterocycles. The Morgan fingerprint density at radius 2 is 1.87 bits per heavy atom. The third-order valence-electron chi connectivity index (χ3n) is 7.57. The van der Waals surface area contributed by atoms with Gasteiger partial charge in [-0.05, 0) is 50.3 Å². The standard InChI is InChI=1S/C29H27F2N5O2/c1-16-27(35(3)34-33-16)20-13-23-26(32-15-20)21-14-22(30)24(17(2)37)25(31)29(21)36(23)28(18-7-5-4-6-8-18)19-9-11-38-12-10-19/h4-8,13-15,19,28H,9-12H2,1-3H3/t28-/m1/s1. The van der Waals surface area contributed by atoms with E-state index in [0.29, 0.717) is 29.6 Å². The van der Waals surface area contributed by atoms with Crippen molar-refractivity contribution in [1.29, 1.82) is 0 Å². The summed E-state index contributed by atoms with van der Waals surface area (Å²) in [6.45, 7) is 4.25. The summed E-state index contributed by atoms with van der Waals surface area (Å²) in [5, 5.41) is 8.62. The molecule has 1 atom stereocenters. The Labute approximate surface area is 218 Å². The normalized spacial score (nSPS) is 15.4. The first-order chi connectivity index (χ1) is 18.4. The van der Waals surface area contributed by atoms with E-state index in [9.17, 15) is 4.79 Å². The fraction of sp³-hybridized carbons (Fsp3) is 0.310. The number of pyridine rings is 1. The molecule has 194 valence electrons. The van der Waals surface area contributed by atoms with Crippen LogP contribution in [0.2, 0.25) is 0 Å². The fourth-order valence-electron chi connectivity index (χ4n) is 5.90. The van der Waals surface area contributed by atoms with Crippen LogP contribution in [0.1, 0.15) is 47.4 Å². The van der Waals surface area contributed by atoms with E-state index in [2.05, 4.69) is 10.3 Å². The lowest BCUT2D eigenvalue weighted by Crippen LogP contribution is -2.27. The van der Waals surface area contributed by atoms with E-state index in [1.807, 2.05) is 47.9 Å². The predicted molar refractivity (Wildman–Crippen MR) is 140 cm³/mol. The molecule has 2 aromatic carbocycles. The van der Waals surface area contributed by atoms with Gasteiger partial charge < -0.3 is 9.30 Å². The summed E-state index contributed by atoms with van der Waals surface area (Å²) in [5.74, 6) is -2.29. The van der Waals surface area contributed by atoms with Gasteiger partial charge in [0.15, 0.2) is 11.6 Å². The van der Waals surface area contributed by atoms with E-state index in [4.69, 9.17) is 9.72 Å². The van der Waals surface area contributed by atoms with Crippen LogP contribution in [0.25, 0.3) is 33.2 Å². The highest BCUT2D eigenvalue weighted by Gasteiger charge is 2.33. The number of rotatable bonds is 5. The Morgan fingerprint density at radius 1 is 1.13 bits per heavy atom. The van der Waals surface area contributed by atoms with E-state index < -0.39 is 23.0 Å². The predicted octanol–water partition coefficient (Wildman–Crippen LogP) is 5.79. The van der Waals surface area contributed by atoms with Gasteiger partial charge >= 0.3 is 0 Å². The van der Waals surface area contributed by atoms with Gasteiger partial charge in [-0.25, -0.2) is 13.5 Å². The van der Waals surface area contributed by atoms with Crippen molar-refractivity contribution in [2.24, 2.45) is 13.0 Å². The van der Waals surface area contributed by atoms with Gasteiger partial charge in [-0.1, -0.05) is 35.5 Å². The maximum Gasteiger partial charge on any atom is 0.165 e. The maximum atomic E-state index is 16.3. The Bertz CT molecular complexity index is 1670. The molecule has 0 N–H and O–H groups in total. The second-order valence-corrected chi connectivity index (χ2v) is 9.91. The molecule has 1 fully saturated rings. The molecule has 9 heteroatoms. The molecule has 0 spiro atoms. The summed E-state index contributed by atoms with van der Waals surface area (Å²) in [6.07, 6.45) is 3.24. The largest absolute Gasteiger partial charge is 0.381 e. The van der Waals surface area contributed by atoms with E-state index in [0.717, 1.165) is 35.4 Å². The lowest BCUT2D eigenvalue weighted by molar-refractivity contribution is 0.0552. The molecular formula is C29H27F2N5O2. The number of aromatic nitrogens is 5. The molecular weight excluding hydrogens is 488 g/mol. The summed E-state index contributed by atoms with van der Waals surface area (Å²) < 4.78 is 40.6. The quantitative estimate of drug-likeness (QED) is 0.277. The molecule has 0 amide bonds. The van der Waals surface area contributed by atoms with E-state index in [1.54, 1.807) is 17.9 Å². The number of hydrogen-bond acceptors (Lipinski definition) is 5. The first kappa shape index (κ1) is 24.4. The summed E-state index contributed by atoms with van der Waals surface area (Å²) in [4.78, 5) is 17.1. The summed E-state index contributed by atoms with van der Waals surface area (Å²) in [7, 11) is 1.80. The zero-order valence-electron chi connectivity index (χ0n) is 21.4. The van der Waals surface area contributed by atoms with Crippen molar-refractivity contribution in [1.82, 2.24) is 24.5 Å². The van der Waals surface area contributed by atoms with Gasteiger partial charge in [-0.3, -0.25) is 9.78 Å². The average molecular weight is 516 g/mol. The van der Waals surface area contributed by atoms with Gasteiger partial charge in [-0.2, -0.15) is 0 Å². The Balaban J connectivity index is 1.75. The van der Waals surface area contributed by atoms with Crippen LogP contribution in [0.4, 0.5) is 8.78 Å². The van der Waals surface area contributed by atoms with Crippen molar-refractivity contribution in [3.8, 4) is 11.3 Å². The van der Waals surface area contributed by atoms with Gasteiger partial charge in [0.05, 0.1) is 39.5 Å². The van der Waals surface area contributed by atoms with Crippen LogP contribution in [-0.2, 0) is 11.8 Å². The van der Waals surface area contributed by atoms with Crippen LogP contribution < -0.4 is 0 Å². The van der Waals surface area contributed by atoms with E-state index >= 15 is 8.78 Å². The Kier molecular flexibility index (Phi) is 6.03. The number of ketones is 1. The number of benzene rings is 2. The Hall–Kier alpha value is -3.98. The first-order valence-corrected chi connectivity index (χ1v) is 12.7. The molecule has 5 aromatic rings. The van der Waals surface area contributed by atoms with Crippen LogP contribution in [0.15, 0.2) is 48.7 Å². The lowest BCUT2D eigenvalue weighted by Gasteiger charge is -2.33. The third kappa shape index (κ3) is 3.80. The van der Waals surface area contributed by atoms with Gasteiger partial charge in [-0.15, -0.1) is 5.10 Å². The number of halogens is 2. The first-order valence-electron chi connectivity index (χ1n) is 12.7. The van der Waals surface area contributed by atoms with Crippen LogP contribution in [0, 0.1) is 24.5 Å². The number of fused-ring (bicyclic) bond motifs is 3. The molecule has 0 saturated carbocycles. The van der Waals surface area contributed by atoms with Crippen molar-refractivity contribution in [2.75, 3.05) is 13.2 Å². The molecule has 0 unspecified atom stereocenters. The van der Waals surface area contributed by atoms with E-state index in [-0.39, 0.29) is 17.5 Å². The van der Waals surface area contributed by atoms with Crippen molar-refractivity contribution >= 4 is 27.7 Å². The van der Waals surface area contributed by atoms with E-state index in [1.165, 1.54) is 13.0 Å². The lowest BCUT2D eigenvalue weighted by atomic mass is 9.86. The second kappa shape index (κ2) is 9.40. The summed E-state index contributed by atoms with van der Waals surface area (Å²) in [6, 6.07) is 12.8. The molecule has 3 aromatic heterocycles. The van der Waals surface area contributed by atoms with Gasteiger partial charge in [0.1, 0.15) is 5.82 Å². The highest BCUT2D eigenvalue weighted by atomic mass is 19.1. The fourth-order valence-corrected chi connectivity index (χ4v) is 5.90. The zero-order valence-corrected chi connectivity index (χ0v) is 21.4. The zero-order chi connectivity index (χ0) is 26.6. The third-order valence-corrected chi connectivity index (χ3v) is 7.57. The van der Waals surface area contributed by atoms with Gasteiger partial charge in [0, 0.05) is 37.4 Å². The maximum absolute atomic E-state index is 16.3.